The summed E-state index contributed by atoms with van der Waals surface area (Å²) in [5.74, 6) is 1.96. The third-order valence-corrected chi connectivity index (χ3v) is 4.85. The Morgan fingerprint density at radius 3 is 2.69 bits per heavy atom. The lowest BCUT2D eigenvalue weighted by atomic mass is 10.0. The van der Waals surface area contributed by atoms with E-state index < -0.39 is 0 Å². The number of rotatable bonds is 4. The number of para-hydroxylation sites is 2. The summed E-state index contributed by atoms with van der Waals surface area (Å²) in [4.78, 5) is 0. The van der Waals surface area contributed by atoms with Gasteiger partial charge in [-0.2, -0.15) is 5.10 Å². The van der Waals surface area contributed by atoms with E-state index in [1.807, 2.05) is 29.8 Å². The largest absolute Gasteiger partial charge is 0.492 e. The monoisotopic (exact) mass is 347 g/mol. The fourth-order valence-electron chi connectivity index (χ4n) is 3.53. The molecule has 1 aliphatic rings. The van der Waals surface area contributed by atoms with Gasteiger partial charge in [-0.05, 0) is 45.2 Å². The average Bonchev–Trinajstić information content (AvgIpc) is 2.85. The van der Waals surface area contributed by atoms with Crippen LogP contribution in [0.25, 0.3) is 16.9 Å². The molecule has 0 atom stereocenters. The van der Waals surface area contributed by atoms with Gasteiger partial charge in [0, 0.05) is 17.7 Å². The highest BCUT2D eigenvalue weighted by Crippen LogP contribution is 2.36. The van der Waals surface area contributed by atoms with Crippen molar-refractivity contribution in [1.29, 1.82) is 0 Å². The molecule has 0 unspecified atom stereocenters. The molecule has 0 saturated carbocycles. The standard InChI is InChI=1S/C22H25N3O/c1-3-26-20-10-5-4-9-19(20)25-22-18(8-6-7-15-23-22)21(24-25)17-13-11-16(2)12-14-17/h4-5,9-14,23H,3,6-8,15H2,1-2H3. The van der Waals surface area contributed by atoms with Crippen molar-refractivity contribution in [3.63, 3.8) is 0 Å². The maximum absolute atomic E-state index is 5.86. The maximum Gasteiger partial charge on any atom is 0.145 e. The Bertz CT molecular complexity index is 896. The summed E-state index contributed by atoms with van der Waals surface area (Å²) in [6.45, 7) is 5.74. The lowest BCUT2D eigenvalue weighted by Gasteiger charge is -2.13. The van der Waals surface area contributed by atoms with Gasteiger partial charge in [0.25, 0.3) is 0 Å². The number of aromatic nitrogens is 2. The molecule has 0 amide bonds. The van der Waals surface area contributed by atoms with Gasteiger partial charge in [0.15, 0.2) is 0 Å². The van der Waals surface area contributed by atoms with Gasteiger partial charge in [-0.3, -0.25) is 0 Å². The van der Waals surface area contributed by atoms with E-state index in [1.54, 1.807) is 0 Å². The third-order valence-electron chi connectivity index (χ3n) is 4.85. The predicted octanol–water partition coefficient (Wildman–Crippen LogP) is 4.99. The fourth-order valence-corrected chi connectivity index (χ4v) is 3.53. The van der Waals surface area contributed by atoms with Crippen molar-refractivity contribution in [2.75, 3.05) is 18.5 Å². The SMILES string of the molecule is CCOc1ccccc1-n1nc(-c2ccc(C)cc2)c2c1NCCCC2. The van der Waals surface area contributed by atoms with E-state index in [4.69, 9.17) is 9.84 Å². The molecular weight excluding hydrogens is 322 g/mol. The summed E-state index contributed by atoms with van der Waals surface area (Å²) in [7, 11) is 0. The van der Waals surface area contributed by atoms with E-state index in [-0.39, 0.29) is 0 Å². The van der Waals surface area contributed by atoms with Gasteiger partial charge in [-0.1, -0.05) is 42.0 Å². The van der Waals surface area contributed by atoms with Gasteiger partial charge >= 0.3 is 0 Å². The number of anilines is 1. The van der Waals surface area contributed by atoms with Crippen molar-refractivity contribution < 1.29 is 4.74 Å². The zero-order valence-corrected chi connectivity index (χ0v) is 15.5. The average molecular weight is 347 g/mol. The number of benzene rings is 2. The van der Waals surface area contributed by atoms with Crippen LogP contribution in [-0.4, -0.2) is 22.9 Å². The second-order valence-corrected chi connectivity index (χ2v) is 6.74. The molecule has 0 bridgehead atoms. The van der Waals surface area contributed by atoms with Crippen LogP contribution in [0, 0.1) is 6.92 Å². The molecule has 4 rings (SSSR count). The van der Waals surface area contributed by atoms with E-state index >= 15 is 0 Å². The minimum absolute atomic E-state index is 0.638. The van der Waals surface area contributed by atoms with Crippen molar-refractivity contribution in [2.24, 2.45) is 0 Å². The Hall–Kier alpha value is -2.75. The minimum Gasteiger partial charge on any atom is -0.492 e. The van der Waals surface area contributed by atoms with Gasteiger partial charge in [-0.15, -0.1) is 0 Å². The number of hydrogen-bond donors (Lipinski definition) is 1. The zero-order chi connectivity index (χ0) is 17.9. The van der Waals surface area contributed by atoms with Crippen molar-refractivity contribution in [2.45, 2.75) is 33.1 Å². The van der Waals surface area contributed by atoms with Gasteiger partial charge in [0.1, 0.15) is 17.3 Å². The number of ether oxygens (including phenoxy) is 1. The summed E-state index contributed by atoms with van der Waals surface area (Å²) < 4.78 is 7.88. The molecule has 4 nitrogen and oxygen atoms in total. The number of nitrogens with zero attached hydrogens (tertiary/aromatic N) is 2. The lowest BCUT2D eigenvalue weighted by Crippen LogP contribution is -2.08. The minimum atomic E-state index is 0.638. The molecule has 0 saturated heterocycles. The molecule has 4 heteroatoms. The van der Waals surface area contributed by atoms with Gasteiger partial charge in [-0.25, -0.2) is 4.68 Å². The van der Waals surface area contributed by atoms with Crippen LogP contribution >= 0.6 is 0 Å². The highest BCUT2D eigenvalue weighted by Gasteiger charge is 2.23. The van der Waals surface area contributed by atoms with E-state index in [0.29, 0.717) is 6.61 Å². The maximum atomic E-state index is 5.86. The van der Waals surface area contributed by atoms with Crippen LogP contribution in [0.1, 0.15) is 30.9 Å². The molecule has 2 heterocycles. The van der Waals surface area contributed by atoms with Gasteiger partial charge in [0.2, 0.25) is 0 Å². The molecule has 1 aromatic heterocycles. The van der Waals surface area contributed by atoms with Crippen LogP contribution in [0.3, 0.4) is 0 Å². The molecule has 0 radical (unpaired) electrons. The summed E-state index contributed by atoms with van der Waals surface area (Å²) in [5.41, 5.74) is 5.79. The molecule has 1 aliphatic heterocycles. The van der Waals surface area contributed by atoms with Crippen LogP contribution in [0.5, 0.6) is 5.75 Å². The highest BCUT2D eigenvalue weighted by molar-refractivity contribution is 5.72. The molecule has 134 valence electrons. The Labute approximate surface area is 154 Å². The van der Waals surface area contributed by atoms with Crippen molar-refractivity contribution in [3.05, 3.63) is 59.7 Å². The molecule has 1 N–H and O–H groups in total. The third kappa shape index (κ3) is 3.07. The van der Waals surface area contributed by atoms with Crippen molar-refractivity contribution in [1.82, 2.24) is 9.78 Å². The first-order valence-corrected chi connectivity index (χ1v) is 9.43. The molecule has 0 spiro atoms. The second-order valence-electron chi connectivity index (χ2n) is 6.74. The van der Waals surface area contributed by atoms with Crippen LogP contribution < -0.4 is 10.1 Å². The number of hydrogen-bond acceptors (Lipinski definition) is 3. The Morgan fingerprint density at radius 1 is 1.08 bits per heavy atom. The van der Waals surface area contributed by atoms with Gasteiger partial charge in [0.05, 0.1) is 12.3 Å². The van der Waals surface area contributed by atoms with Crippen LogP contribution in [0.4, 0.5) is 5.82 Å². The first kappa shape index (κ1) is 16.7. The fraction of sp³-hybridized carbons (Fsp3) is 0.318. The number of nitrogens with one attached hydrogen (secondary N) is 1. The Kier molecular flexibility index (Phi) is 4.65. The molecular formula is C22H25N3O. The summed E-state index contributed by atoms with van der Waals surface area (Å²) in [6.07, 6.45) is 3.40. The number of aryl methyl sites for hydroxylation is 1. The summed E-state index contributed by atoms with van der Waals surface area (Å²) >= 11 is 0. The lowest BCUT2D eigenvalue weighted by molar-refractivity contribution is 0.338. The van der Waals surface area contributed by atoms with E-state index in [1.165, 1.54) is 29.5 Å². The van der Waals surface area contributed by atoms with Crippen molar-refractivity contribution in [3.8, 4) is 22.7 Å². The van der Waals surface area contributed by atoms with E-state index in [9.17, 15) is 0 Å². The quantitative estimate of drug-likeness (QED) is 0.722. The Balaban J connectivity index is 1.89. The highest BCUT2D eigenvalue weighted by atomic mass is 16.5. The smallest absolute Gasteiger partial charge is 0.145 e. The predicted molar refractivity (Wildman–Crippen MR) is 106 cm³/mol. The molecule has 26 heavy (non-hydrogen) atoms. The van der Waals surface area contributed by atoms with Crippen LogP contribution in [-0.2, 0) is 6.42 Å². The molecule has 0 aliphatic carbocycles. The first-order chi connectivity index (χ1) is 12.8. The zero-order valence-electron chi connectivity index (χ0n) is 15.5. The first-order valence-electron chi connectivity index (χ1n) is 9.43. The summed E-state index contributed by atoms with van der Waals surface area (Å²) in [5, 5.41) is 8.63. The van der Waals surface area contributed by atoms with Crippen LogP contribution in [0.2, 0.25) is 0 Å². The number of fused-ring (bicyclic) bond motifs is 1. The van der Waals surface area contributed by atoms with Gasteiger partial charge < -0.3 is 10.1 Å². The Morgan fingerprint density at radius 2 is 1.88 bits per heavy atom. The molecule has 2 aromatic carbocycles. The topological polar surface area (TPSA) is 39.1 Å². The van der Waals surface area contributed by atoms with E-state index in [0.717, 1.165) is 35.9 Å². The van der Waals surface area contributed by atoms with E-state index in [2.05, 4.69) is 42.6 Å². The molecule has 3 aromatic rings. The normalized spacial score (nSPS) is 13.6. The van der Waals surface area contributed by atoms with Crippen molar-refractivity contribution >= 4 is 5.82 Å². The summed E-state index contributed by atoms with van der Waals surface area (Å²) in [6, 6.07) is 16.8. The second kappa shape index (κ2) is 7.24. The molecule has 0 fully saturated rings. The van der Waals surface area contributed by atoms with Crippen LogP contribution in [0.15, 0.2) is 48.5 Å².